The number of benzene rings is 2. The molecule has 3 N–H and O–H groups in total. The molecule has 2 aromatic rings. The maximum absolute atomic E-state index is 14.0. The van der Waals surface area contributed by atoms with Crippen molar-refractivity contribution in [1.82, 2.24) is 20.4 Å². The van der Waals surface area contributed by atoms with Crippen molar-refractivity contribution in [2.24, 2.45) is 5.92 Å². The fourth-order valence-corrected chi connectivity index (χ4v) is 6.04. The molecule has 0 unspecified atom stereocenters. The van der Waals surface area contributed by atoms with Crippen molar-refractivity contribution in [3.63, 3.8) is 0 Å². The van der Waals surface area contributed by atoms with E-state index in [1.165, 1.54) is 16.9 Å². The summed E-state index contributed by atoms with van der Waals surface area (Å²) in [6.07, 6.45) is 1.17. The summed E-state index contributed by atoms with van der Waals surface area (Å²) in [5.41, 5.74) is 1.65. The van der Waals surface area contributed by atoms with Crippen molar-refractivity contribution in [1.29, 1.82) is 0 Å². The van der Waals surface area contributed by atoms with E-state index in [-0.39, 0.29) is 24.7 Å². The number of esters is 1. The second kappa shape index (κ2) is 15.7. The number of likely N-dealkylation sites (tertiary alicyclic amines) is 2. The van der Waals surface area contributed by atoms with Crippen LogP contribution in [0.4, 0.5) is 0 Å². The molecule has 4 rings (SSSR count). The molecular weight excluding hydrogens is 576 g/mol. The van der Waals surface area contributed by atoms with Crippen molar-refractivity contribution in [3.05, 3.63) is 71.8 Å². The molecule has 0 radical (unpaired) electrons. The van der Waals surface area contributed by atoms with Crippen molar-refractivity contribution < 1.29 is 33.8 Å². The summed E-state index contributed by atoms with van der Waals surface area (Å²) in [5.74, 6) is -2.79. The van der Waals surface area contributed by atoms with Crippen LogP contribution in [0.25, 0.3) is 0 Å². The van der Waals surface area contributed by atoms with E-state index in [2.05, 4.69) is 10.6 Å². The summed E-state index contributed by atoms with van der Waals surface area (Å²) in [5, 5.41) is 16.0. The van der Waals surface area contributed by atoms with Gasteiger partial charge in [0.15, 0.2) is 0 Å². The van der Waals surface area contributed by atoms with E-state index in [1.54, 1.807) is 13.8 Å². The molecule has 2 heterocycles. The lowest BCUT2D eigenvalue weighted by Gasteiger charge is -2.32. The fraction of sp³-hybridized carbons (Fsp3) is 0.500. The molecular formula is C34H44N4O7. The molecule has 0 bridgehead atoms. The number of nitrogens with one attached hydrogen (secondary N) is 2. The number of hydrogen-bond acceptors (Lipinski definition) is 7. The lowest BCUT2D eigenvalue weighted by molar-refractivity contribution is -0.152. The van der Waals surface area contributed by atoms with Gasteiger partial charge < -0.3 is 30.3 Å². The van der Waals surface area contributed by atoms with E-state index in [1.807, 2.05) is 60.7 Å². The number of aliphatic hydroxyl groups is 1. The van der Waals surface area contributed by atoms with Gasteiger partial charge in [0.2, 0.25) is 23.6 Å². The molecule has 45 heavy (non-hydrogen) atoms. The Morgan fingerprint density at radius 3 is 1.73 bits per heavy atom. The summed E-state index contributed by atoms with van der Waals surface area (Å²) in [6.45, 7) is 4.10. The van der Waals surface area contributed by atoms with Crippen molar-refractivity contribution in [3.8, 4) is 0 Å². The van der Waals surface area contributed by atoms with Crippen molar-refractivity contribution >= 4 is 29.6 Å². The second-order valence-corrected chi connectivity index (χ2v) is 12.1. The number of ether oxygens (including phenoxy) is 1. The summed E-state index contributed by atoms with van der Waals surface area (Å²) < 4.78 is 4.93. The van der Waals surface area contributed by atoms with Crippen LogP contribution in [-0.2, 0) is 41.6 Å². The molecule has 2 aromatic carbocycles. The topological polar surface area (TPSA) is 145 Å². The first-order chi connectivity index (χ1) is 21.6. The van der Waals surface area contributed by atoms with Gasteiger partial charge >= 0.3 is 5.97 Å². The number of carbonyl (C=O) groups excluding carboxylic acids is 5. The zero-order valence-corrected chi connectivity index (χ0v) is 26.2. The highest BCUT2D eigenvalue weighted by Crippen LogP contribution is 2.23. The molecule has 242 valence electrons. The molecule has 0 aliphatic carbocycles. The Morgan fingerprint density at radius 1 is 0.778 bits per heavy atom. The number of carbonyl (C=O) groups is 5. The number of methoxy groups -OCH3 is 1. The minimum atomic E-state index is -1.29. The van der Waals surface area contributed by atoms with Gasteiger partial charge in [0, 0.05) is 25.9 Å². The van der Waals surface area contributed by atoms with Gasteiger partial charge in [0.25, 0.3) is 0 Å². The van der Waals surface area contributed by atoms with Crippen LogP contribution < -0.4 is 10.6 Å². The van der Waals surface area contributed by atoms with E-state index in [9.17, 15) is 29.1 Å². The number of amides is 4. The van der Waals surface area contributed by atoms with Crippen LogP contribution in [0.2, 0.25) is 0 Å². The van der Waals surface area contributed by atoms with Gasteiger partial charge in [-0.1, -0.05) is 74.5 Å². The minimum absolute atomic E-state index is 0.181. The number of nitrogens with zero attached hydrogens (tertiary/aromatic N) is 2. The molecule has 0 spiro atoms. The highest BCUT2D eigenvalue weighted by atomic mass is 16.5. The Kier molecular flexibility index (Phi) is 11.7. The Labute approximate surface area is 264 Å². The molecule has 2 saturated heterocycles. The first-order valence-corrected chi connectivity index (χ1v) is 15.7. The van der Waals surface area contributed by atoms with E-state index >= 15 is 0 Å². The molecule has 0 saturated carbocycles. The van der Waals surface area contributed by atoms with Crippen molar-refractivity contribution in [2.45, 2.75) is 82.6 Å². The van der Waals surface area contributed by atoms with Gasteiger partial charge in [-0.15, -0.1) is 0 Å². The molecule has 0 aromatic heterocycles. The average Bonchev–Trinajstić information content (AvgIpc) is 3.74. The predicted molar refractivity (Wildman–Crippen MR) is 166 cm³/mol. The van der Waals surface area contributed by atoms with Gasteiger partial charge in [-0.3, -0.25) is 19.2 Å². The van der Waals surface area contributed by atoms with Crippen molar-refractivity contribution in [2.75, 3.05) is 20.2 Å². The SMILES string of the molecule is COC(=O)[C@@H]1CCCN1C(=O)[C@@H](Cc1ccccc1)NC(=O)[C@@H]1CCCN1C(=O)[C@@H](Cc1ccccc1)NC(=O)[C@@H](O)C(C)C. The monoisotopic (exact) mass is 620 g/mol. The number of rotatable bonds is 12. The smallest absolute Gasteiger partial charge is 0.328 e. The van der Waals surface area contributed by atoms with Gasteiger partial charge in [0.05, 0.1) is 7.11 Å². The lowest BCUT2D eigenvalue weighted by atomic mass is 10.0. The quantitative estimate of drug-likeness (QED) is 0.306. The van der Waals surface area contributed by atoms with E-state index in [0.717, 1.165) is 11.1 Å². The maximum Gasteiger partial charge on any atom is 0.328 e. The third-order valence-corrected chi connectivity index (χ3v) is 8.54. The Bertz CT molecular complexity index is 1340. The normalized spacial score (nSPS) is 19.9. The van der Waals surface area contributed by atoms with Gasteiger partial charge in [-0.05, 0) is 42.7 Å². The predicted octanol–water partition coefficient (Wildman–Crippen LogP) is 1.61. The minimum Gasteiger partial charge on any atom is -0.467 e. The highest BCUT2D eigenvalue weighted by molar-refractivity contribution is 5.96. The Morgan fingerprint density at radius 2 is 1.24 bits per heavy atom. The molecule has 2 aliphatic heterocycles. The number of aliphatic hydroxyl groups excluding tert-OH is 1. The third-order valence-electron chi connectivity index (χ3n) is 8.54. The van der Waals surface area contributed by atoms with Crippen LogP contribution in [0.5, 0.6) is 0 Å². The highest BCUT2D eigenvalue weighted by Gasteiger charge is 2.42. The van der Waals surface area contributed by atoms with Crippen LogP contribution in [0.15, 0.2) is 60.7 Å². The summed E-state index contributed by atoms with van der Waals surface area (Å²) >= 11 is 0. The molecule has 2 fully saturated rings. The first-order valence-electron chi connectivity index (χ1n) is 15.7. The molecule has 4 amide bonds. The Hall–Kier alpha value is -4.25. The van der Waals surface area contributed by atoms with Gasteiger partial charge in [0.1, 0.15) is 30.3 Å². The Balaban J connectivity index is 1.55. The van der Waals surface area contributed by atoms with E-state index in [0.29, 0.717) is 38.8 Å². The molecule has 11 heteroatoms. The zero-order valence-electron chi connectivity index (χ0n) is 26.2. The van der Waals surface area contributed by atoms with Crippen LogP contribution in [0.3, 0.4) is 0 Å². The van der Waals surface area contributed by atoms with Crippen LogP contribution in [-0.4, -0.2) is 95.0 Å². The maximum atomic E-state index is 14.0. The van der Waals surface area contributed by atoms with Gasteiger partial charge in [-0.25, -0.2) is 4.79 Å². The second-order valence-electron chi connectivity index (χ2n) is 12.1. The third kappa shape index (κ3) is 8.48. The first kappa shape index (κ1) is 33.6. The van der Waals surface area contributed by atoms with E-state index < -0.39 is 54.0 Å². The van der Waals surface area contributed by atoms with Gasteiger partial charge in [-0.2, -0.15) is 0 Å². The lowest BCUT2D eigenvalue weighted by Crippen LogP contribution is -2.58. The summed E-state index contributed by atoms with van der Waals surface area (Å²) in [4.78, 5) is 69.9. The van der Waals surface area contributed by atoms with Crippen LogP contribution in [0, 0.1) is 5.92 Å². The standard InChI is InChI=1S/C34H44N4O7/c1-22(2)29(39)31(41)36-26(21-24-14-8-5-9-15-24)32(42)37-18-10-16-27(37)30(40)35-25(20-23-12-6-4-7-13-23)33(43)38-19-11-17-28(38)34(44)45-3/h4-9,12-15,22,25-29,39H,10-11,16-21H2,1-3H3,(H,35,40)(H,36,41)/t25-,26-,27+,28+,29+/m1/s1. The largest absolute Gasteiger partial charge is 0.467 e. The molecule has 2 aliphatic rings. The fourth-order valence-electron chi connectivity index (χ4n) is 6.04. The molecule has 5 atom stereocenters. The van der Waals surface area contributed by atoms with E-state index in [4.69, 9.17) is 4.74 Å². The summed E-state index contributed by atoms with van der Waals surface area (Å²) in [7, 11) is 1.29. The molecule has 11 nitrogen and oxygen atoms in total. The number of hydrogen-bond donors (Lipinski definition) is 3. The zero-order chi connectivity index (χ0) is 32.5. The summed E-state index contributed by atoms with van der Waals surface area (Å²) in [6, 6.07) is 15.0. The van der Waals surface area contributed by atoms with Crippen LogP contribution in [0.1, 0.15) is 50.7 Å². The average molecular weight is 621 g/mol. The van der Waals surface area contributed by atoms with Crippen LogP contribution >= 0.6 is 0 Å².